The second-order valence-corrected chi connectivity index (χ2v) is 12.2. The van der Waals surface area contributed by atoms with Crippen LogP contribution in [-0.2, 0) is 23.2 Å². The number of rotatable bonds is 10. The molecule has 3 aliphatic rings. The zero-order valence-corrected chi connectivity index (χ0v) is 24.4. The van der Waals surface area contributed by atoms with Gasteiger partial charge in [-0.15, -0.1) is 0 Å². The van der Waals surface area contributed by atoms with E-state index in [0.29, 0.717) is 12.6 Å². The summed E-state index contributed by atoms with van der Waals surface area (Å²) in [4.78, 5) is 31.7. The molecule has 2 aliphatic heterocycles. The van der Waals surface area contributed by atoms with Gasteiger partial charge >= 0.3 is 0 Å². The Morgan fingerprint density at radius 3 is 2.37 bits per heavy atom. The summed E-state index contributed by atoms with van der Waals surface area (Å²) in [6.07, 6.45) is 6.86. The molecule has 2 unspecified atom stereocenters. The number of nitrogens with zero attached hydrogens (tertiary/aromatic N) is 2. The summed E-state index contributed by atoms with van der Waals surface area (Å²) in [5.74, 6) is 0.543. The standard InChI is InChI=1S/C36H43N3O2/c1-2-21-37-35(41)36(32-17-9-7-14-28(32)25-33(36)27-12-4-3-5-13-27)20-10-11-22-38-23-18-30(19-24-38)39-26-29-15-6-8-16-31(29)34(39)40/h3-9,12-17,30,33H,2,10-11,18-26H2,1H3,(H,37,41). The summed E-state index contributed by atoms with van der Waals surface area (Å²) in [6.45, 7) is 6.69. The first-order valence-corrected chi connectivity index (χ1v) is 15.6. The molecule has 3 aromatic rings. The molecule has 2 amide bonds. The molecule has 0 bridgehead atoms. The summed E-state index contributed by atoms with van der Waals surface area (Å²) in [5, 5.41) is 3.31. The van der Waals surface area contributed by atoms with E-state index in [-0.39, 0.29) is 17.7 Å². The molecule has 3 aromatic carbocycles. The number of likely N-dealkylation sites (tertiary alicyclic amines) is 1. The molecule has 1 aliphatic carbocycles. The van der Waals surface area contributed by atoms with Crippen molar-refractivity contribution in [2.24, 2.45) is 0 Å². The molecule has 0 saturated carbocycles. The molecule has 5 nitrogen and oxygen atoms in total. The van der Waals surface area contributed by atoms with E-state index in [0.717, 1.165) is 76.7 Å². The van der Waals surface area contributed by atoms with Crippen LogP contribution in [0.2, 0.25) is 0 Å². The van der Waals surface area contributed by atoms with Gasteiger partial charge in [-0.1, -0.05) is 86.1 Å². The zero-order valence-electron chi connectivity index (χ0n) is 24.4. The van der Waals surface area contributed by atoms with Crippen molar-refractivity contribution in [3.05, 3.63) is 107 Å². The predicted octanol–water partition coefficient (Wildman–Crippen LogP) is 6.08. The van der Waals surface area contributed by atoms with Crippen LogP contribution in [0.3, 0.4) is 0 Å². The van der Waals surface area contributed by atoms with Gasteiger partial charge in [-0.2, -0.15) is 0 Å². The van der Waals surface area contributed by atoms with Crippen LogP contribution in [0.1, 0.15) is 84.0 Å². The molecule has 2 atom stereocenters. The average Bonchev–Trinajstić information content (AvgIpc) is 3.54. The highest BCUT2D eigenvalue weighted by atomic mass is 16.2. The summed E-state index contributed by atoms with van der Waals surface area (Å²) in [6, 6.07) is 27.7. The molecule has 0 aromatic heterocycles. The van der Waals surface area contributed by atoms with Crippen LogP contribution in [0.15, 0.2) is 78.9 Å². The van der Waals surface area contributed by atoms with E-state index < -0.39 is 5.41 Å². The Morgan fingerprint density at radius 2 is 1.61 bits per heavy atom. The minimum absolute atomic E-state index is 0.149. The predicted molar refractivity (Wildman–Crippen MR) is 164 cm³/mol. The molecule has 5 heteroatoms. The van der Waals surface area contributed by atoms with Crippen LogP contribution in [-0.4, -0.2) is 53.8 Å². The Hall–Kier alpha value is -3.44. The molecule has 1 N–H and O–H groups in total. The topological polar surface area (TPSA) is 52.7 Å². The largest absolute Gasteiger partial charge is 0.355 e. The number of hydrogen-bond acceptors (Lipinski definition) is 3. The lowest BCUT2D eigenvalue weighted by Gasteiger charge is -2.37. The van der Waals surface area contributed by atoms with Crippen molar-refractivity contribution in [3.63, 3.8) is 0 Å². The summed E-state index contributed by atoms with van der Waals surface area (Å²) in [5.41, 5.74) is 5.31. The van der Waals surface area contributed by atoms with E-state index in [4.69, 9.17) is 0 Å². The number of piperidine rings is 1. The van der Waals surface area contributed by atoms with E-state index in [1.54, 1.807) is 0 Å². The summed E-state index contributed by atoms with van der Waals surface area (Å²) in [7, 11) is 0. The number of hydrogen-bond donors (Lipinski definition) is 1. The van der Waals surface area contributed by atoms with Crippen molar-refractivity contribution in [2.45, 2.75) is 75.8 Å². The lowest BCUT2D eigenvalue weighted by Crippen LogP contribution is -2.47. The first kappa shape index (κ1) is 27.7. The van der Waals surface area contributed by atoms with Gasteiger partial charge in [-0.25, -0.2) is 0 Å². The van der Waals surface area contributed by atoms with Crippen molar-refractivity contribution in [3.8, 4) is 0 Å². The van der Waals surface area contributed by atoms with E-state index in [2.05, 4.69) is 82.7 Å². The van der Waals surface area contributed by atoms with Gasteiger partial charge in [0.25, 0.3) is 5.91 Å². The molecule has 41 heavy (non-hydrogen) atoms. The van der Waals surface area contributed by atoms with Crippen LogP contribution in [0.4, 0.5) is 0 Å². The first-order valence-electron chi connectivity index (χ1n) is 15.6. The average molecular weight is 550 g/mol. The van der Waals surface area contributed by atoms with E-state index in [1.807, 2.05) is 18.2 Å². The fourth-order valence-electron chi connectivity index (χ4n) is 7.67. The SMILES string of the molecule is CCCNC(=O)C1(CCCCN2CCC(N3Cc4ccccc4C3=O)CC2)c2ccccc2CC1c1ccccc1. The summed E-state index contributed by atoms with van der Waals surface area (Å²) >= 11 is 0. The zero-order chi connectivity index (χ0) is 28.2. The molecular weight excluding hydrogens is 506 g/mol. The van der Waals surface area contributed by atoms with Gasteiger partial charge in [0, 0.05) is 43.7 Å². The third-order valence-electron chi connectivity index (χ3n) is 9.80. The number of amides is 2. The van der Waals surface area contributed by atoms with Crippen LogP contribution >= 0.6 is 0 Å². The smallest absolute Gasteiger partial charge is 0.254 e. The highest BCUT2D eigenvalue weighted by Crippen LogP contribution is 2.52. The van der Waals surface area contributed by atoms with Crippen molar-refractivity contribution in [2.75, 3.05) is 26.2 Å². The van der Waals surface area contributed by atoms with Crippen molar-refractivity contribution < 1.29 is 9.59 Å². The van der Waals surface area contributed by atoms with Gasteiger partial charge in [0.2, 0.25) is 5.91 Å². The van der Waals surface area contributed by atoms with E-state index in [9.17, 15) is 9.59 Å². The van der Waals surface area contributed by atoms with Gasteiger partial charge in [0.15, 0.2) is 0 Å². The van der Waals surface area contributed by atoms with Crippen LogP contribution in [0.5, 0.6) is 0 Å². The molecular formula is C36H43N3O2. The molecule has 214 valence electrons. The molecule has 1 fully saturated rings. The lowest BCUT2D eigenvalue weighted by atomic mass is 9.68. The maximum Gasteiger partial charge on any atom is 0.254 e. The number of nitrogens with one attached hydrogen (secondary N) is 1. The Labute approximate surface area is 244 Å². The van der Waals surface area contributed by atoms with Crippen molar-refractivity contribution in [1.82, 2.24) is 15.1 Å². The van der Waals surface area contributed by atoms with Crippen molar-refractivity contribution in [1.29, 1.82) is 0 Å². The second kappa shape index (κ2) is 12.2. The number of fused-ring (bicyclic) bond motifs is 2. The van der Waals surface area contributed by atoms with Crippen LogP contribution in [0.25, 0.3) is 0 Å². The fourth-order valence-corrected chi connectivity index (χ4v) is 7.67. The molecule has 0 radical (unpaired) electrons. The Kier molecular flexibility index (Phi) is 8.25. The monoisotopic (exact) mass is 549 g/mol. The Morgan fingerprint density at radius 1 is 0.902 bits per heavy atom. The highest BCUT2D eigenvalue weighted by molar-refractivity contribution is 5.98. The third-order valence-corrected chi connectivity index (χ3v) is 9.80. The normalized spacial score (nSPS) is 22.5. The van der Waals surface area contributed by atoms with E-state index in [1.165, 1.54) is 22.3 Å². The number of carbonyl (C=O) groups excluding carboxylic acids is 2. The minimum Gasteiger partial charge on any atom is -0.355 e. The molecule has 2 heterocycles. The quantitative estimate of drug-likeness (QED) is 0.312. The van der Waals surface area contributed by atoms with Gasteiger partial charge in [-0.05, 0) is 73.4 Å². The maximum atomic E-state index is 14.1. The van der Waals surface area contributed by atoms with Gasteiger partial charge in [-0.3, -0.25) is 9.59 Å². The van der Waals surface area contributed by atoms with Crippen LogP contribution < -0.4 is 5.32 Å². The Balaban J connectivity index is 1.10. The van der Waals surface area contributed by atoms with E-state index >= 15 is 0 Å². The molecule has 6 rings (SSSR count). The fraction of sp³-hybridized carbons (Fsp3) is 0.444. The van der Waals surface area contributed by atoms with Gasteiger partial charge in [0.1, 0.15) is 0 Å². The first-order chi connectivity index (χ1) is 20.1. The van der Waals surface area contributed by atoms with Crippen molar-refractivity contribution >= 4 is 11.8 Å². The Bertz CT molecular complexity index is 1360. The number of benzene rings is 3. The highest BCUT2D eigenvalue weighted by Gasteiger charge is 2.52. The maximum absolute atomic E-state index is 14.1. The third kappa shape index (κ3) is 5.32. The van der Waals surface area contributed by atoms with Crippen LogP contribution in [0, 0.1) is 0 Å². The van der Waals surface area contributed by atoms with Gasteiger partial charge < -0.3 is 15.1 Å². The molecule has 0 spiro atoms. The summed E-state index contributed by atoms with van der Waals surface area (Å²) < 4.78 is 0. The number of carbonyl (C=O) groups is 2. The second-order valence-electron chi connectivity index (χ2n) is 12.2. The number of unbranched alkanes of at least 4 members (excludes halogenated alkanes) is 1. The lowest BCUT2D eigenvalue weighted by molar-refractivity contribution is -0.127. The van der Waals surface area contributed by atoms with Gasteiger partial charge in [0.05, 0.1) is 5.41 Å². The molecule has 1 saturated heterocycles. The minimum atomic E-state index is -0.536.